The van der Waals surface area contributed by atoms with E-state index in [1.807, 2.05) is 0 Å². The lowest BCUT2D eigenvalue weighted by molar-refractivity contribution is -0.384. The molecule has 1 heterocycles. The molecule has 0 N–H and O–H groups in total. The van der Waals surface area contributed by atoms with Crippen LogP contribution < -0.4 is 0 Å². The fourth-order valence-corrected chi connectivity index (χ4v) is 1.40. The molecule has 2 aromatic rings. The molecule has 1 amide bonds. The number of nitro benzene ring substituents is 1. The lowest BCUT2D eigenvalue weighted by atomic mass is 10.3. The van der Waals surface area contributed by atoms with Gasteiger partial charge in [0.25, 0.3) is 11.6 Å². The number of non-ortho nitro benzene ring substituents is 1. The highest BCUT2D eigenvalue weighted by atomic mass is 16.7. The number of fused-ring (bicyclic) bond motifs is 1. The van der Waals surface area contributed by atoms with E-state index in [1.54, 1.807) is 6.07 Å². The molecule has 0 saturated carbocycles. The maximum absolute atomic E-state index is 11.2. The summed E-state index contributed by atoms with van der Waals surface area (Å²) < 4.78 is 5.23. The van der Waals surface area contributed by atoms with Crippen molar-refractivity contribution in [3.05, 3.63) is 34.2 Å². The Morgan fingerprint density at radius 1 is 1.55 bits per heavy atom. The summed E-state index contributed by atoms with van der Waals surface area (Å²) in [4.78, 5) is 30.9. The van der Waals surface area contributed by atoms with Crippen LogP contribution >= 0.6 is 0 Å². The number of nitrogens with zero attached hydrogens (tertiary/aromatic N) is 5. The molecule has 0 aliphatic heterocycles. The SMILES string of the molecule is CN(C)C(=O)O/N=C(\C#N)c1nc2ccc([N+](=O)[O-])cc2o1. The Hall–Kier alpha value is -3.48. The maximum atomic E-state index is 11.2. The number of hydrogen-bond donors (Lipinski definition) is 0. The molecule has 10 nitrogen and oxygen atoms in total. The number of amides is 1. The zero-order valence-corrected chi connectivity index (χ0v) is 11.5. The third-order valence-corrected chi connectivity index (χ3v) is 2.47. The van der Waals surface area contributed by atoms with Crippen molar-refractivity contribution < 1.29 is 19.0 Å². The van der Waals surface area contributed by atoms with Crippen molar-refractivity contribution in [2.75, 3.05) is 14.1 Å². The van der Waals surface area contributed by atoms with Gasteiger partial charge in [-0.1, -0.05) is 5.16 Å². The number of nitriles is 1. The van der Waals surface area contributed by atoms with E-state index in [9.17, 15) is 14.9 Å². The monoisotopic (exact) mass is 303 g/mol. The molecule has 0 fully saturated rings. The second kappa shape index (κ2) is 5.88. The predicted molar refractivity (Wildman–Crippen MR) is 73.0 cm³/mol. The molecule has 0 aliphatic rings. The van der Waals surface area contributed by atoms with Crippen LogP contribution in [0.5, 0.6) is 0 Å². The first-order valence-electron chi connectivity index (χ1n) is 5.84. The average Bonchev–Trinajstić information content (AvgIpc) is 2.90. The quantitative estimate of drug-likeness (QED) is 0.364. The van der Waals surface area contributed by atoms with E-state index in [4.69, 9.17) is 9.68 Å². The Morgan fingerprint density at radius 3 is 2.86 bits per heavy atom. The van der Waals surface area contributed by atoms with Crippen LogP contribution in [0.1, 0.15) is 5.89 Å². The maximum Gasteiger partial charge on any atom is 0.435 e. The Kier molecular flexibility index (Phi) is 3.99. The summed E-state index contributed by atoms with van der Waals surface area (Å²) >= 11 is 0. The number of hydrogen-bond acceptors (Lipinski definition) is 8. The highest BCUT2D eigenvalue weighted by Gasteiger charge is 2.17. The fraction of sp³-hybridized carbons (Fsp3) is 0.167. The van der Waals surface area contributed by atoms with E-state index in [2.05, 4.69) is 15.0 Å². The van der Waals surface area contributed by atoms with Gasteiger partial charge in [-0.3, -0.25) is 15.0 Å². The zero-order chi connectivity index (χ0) is 16.3. The van der Waals surface area contributed by atoms with Crippen LogP contribution in [-0.4, -0.2) is 40.7 Å². The van der Waals surface area contributed by atoms with E-state index < -0.39 is 11.0 Å². The molecule has 0 radical (unpaired) electrons. The van der Waals surface area contributed by atoms with Crippen LogP contribution in [0, 0.1) is 21.4 Å². The van der Waals surface area contributed by atoms with Gasteiger partial charge in [-0.25, -0.2) is 9.78 Å². The molecule has 2 rings (SSSR count). The predicted octanol–water partition coefficient (Wildman–Crippen LogP) is 1.66. The van der Waals surface area contributed by atoms with Gasteiger partial charge in [0.1, 0.15) is 11.6 Å². The first-order chi connectivity index (χ1) is 10.4. The van der Waals surface area contributed by atoms with Crippen LogP contribution in [0.4, 0.5) is 10.5 Å². The number of oxime groups is 1. The second-order valence-corrected chi connectivity index (χ2v) is 4.23. The Morgan fingerprint density at radius 2 is 2.27 bits per heavy atom. The second-order valence-electron chi connectivity index (χ2n) is 4.23. The molecule has 0 saturated heterocycles. The van der Waals surface area contributed by atoms with Gasteiger partial charge in [-0.05, 0) is 6.07 Å². The Bertz CT molecular complexity index is 817. The number of carbonyl (C=O) groups excluding carboxylic acids is 1. The minimum atomic E-state index is -0.778. The smallest absolute Gasteiger partial charge is 0.434 e. The van der Waals surface area contributed by atoms with Crippen LogP contribution in [0.15, 0.2) is 27.8 Å². The largest absolute Gasteiger partial charge is 0.435 e. The summed E-state index contributed by atoms with van der Waals surface area (Å²) in [6.07, 6.45) is -0.778. The zero-order valence-electron chi connectivity index (χ0n) is 11.5. The summed E-state index contributed by atoms with van der Waals surface area (Å²) in [7, 11) is 2.89. The van der Waals surface area contributed by atoms with Gasteiger partial charge in [0.15, 0.2) is 5.58 Å². The topological polar surface area (TPSA) is 135 Å². The Labute approximate surface area is 123 Å². The van der Waals surface area contributed by atoms with Crippen LogP contribution in [-0.2, 0) is 4.84 Å². The summed E-state index contributed by atoms with van der Waals surface area (Å²) in [5.74, 6) is -0.204. The lowest BCUT2D eigenvalue weighted by Gasteiger charge is -2.05. The van der Waals surface area contributed by atoms with E-state index in [0.717, 1.165) is 4.90 Å². The molecule has 0 spiro atoms. The summed E-state index contributed by atoms with van der Waals surface area (Å²) in [6, 6.07) is 5.48. The van der Waals surface area contributed by atoms with Crippen molar-refractivity contribution in [3.63, 3.8) is 0 Å². The normalized spacial score (nSPS) is 11.0. The van der Waals surface area contributed by atoms with Crippen molar-refractivity contribution in [1.82, 2.24) is 9.88 Å². The molecule has 1 aromatic carbocycles. The van der Waals surface area contributed by atoms with Crippen LogP contribution in [0.25, 0.3) is 11.1 Å². The molecular weight excluding hydrogens is 294 g/mol. The first-order valence-corrected chi connectivity index (χ1v) is 5.84. The van der Waals surface area contributed by atoms with Gasteiger partial charge < -0.3 is 9.32 Å². The number of rotatable bonds is 3. The van der Waals surface area contributed by atoms with Crippen LogP contribution in [0.2, 0.25) is 0 Å². The molecule has 0 aliphatic carbocycles. The Balaban J connectivity index is 2.36. The molecule has 22 heavy (non-hydrogen) atoms. The van der Waals surface area contributed by atoms with Gasteiger partial charge >= 0.3 is 6.09 Å². The van der Waals surface area contributed by atoms with Gasteiger partial charge in [-0.2, -0.15) is 5.26 Å². The number of oxazole rings is 1. The average molecular weight is 303 g/mol. The molecular formula is C12H9N5O5. The molecule has 10 heteroatoms. The highest BCUT2D eigenvalue weighted by molar-refractivity contribution is 6.09. The van der Waals surface area contributed by atoms with E-state index in [1.165, 1.54) is 32.3 Å². The number of nitro groups is 1. The minimum absolute atomic E-state index is 0.117. The van der Waals surface area contributed by atoms with Gasteiger partial charge in [-0.15, -0.1) is 0 Å². The molecule has 0 atom stereocenters. The van der Waals surface area contributed by atoms with Crippen molar-refractivity contribution in [3.8, 4) is 6.07 Å². The lowest BCUT2D eigenvalue weighted by Crippen LogP contribution is -2.21. The number of benzene rings is 1. The van der Waals surface area contributed by atoms with Gasteiger partial charge in [0.2, 0.25) is 5.71 Å². The standard InChI is InChI=1S/C12H9N5O5/c1-16(2)12(18)22-15-9(6-13)11-14-8-4-3-7(17(19)20)5-10(8)21-11/h3-5H,1-2H3/b15-9+. The fourth-order valence-electron chi connectivity index (χ4n) is 1.40. The van der Waals surface area contributed by atoms with E-state index in [0.29, 0.717) is 5.52 Å². The number of carbonyl (C=O) groups is 1. The third-order valence-electron chi connectivity index (χ3n) is 2.47. The third kappa shape index (κ3) is 2.98. The van der Waals surface area contributed by atoms with Gasteiger partial charge in [0, 0.05) is 20.2 Å². The molecule has 112 valence electrons. The first kappa shape index (κ1) is 14.9. The summed E-state index contributed by atoms with van der Waals surface area (Å²) in [5.41, 5.74) is -0.118. The van der Waals surface area contributed by atoms with Gasteiger partial charge in [0.05, 0.1) is 11.0 Å². The summed E-state index contributed by atoms with van der Waals surface area (Å²) in [6.45, 7) is 0. The summed E-state index contributed by atoms with van der Waals surface area (Å²) in [5, 5.41) is 23.1. The van der Waals surface area contributed by atoms with E-state index >= 15 is 0 Å². The molecule has 0 bridgehead atoms. The molecule has 0 unspecified atom stereocenters. The highest BCUT2D eigenvalue weighted by Crippen LogP contribution is 2.21. The van der Waals surface area contributed by atoms with Crippen molar-refractivity contribution >= 4 is 28.6 Å². The number of aromatic nitrogens is 1. The van der Waals surface area contributed by atoms with Crippen molar-refractivity contribution in [1.29, 1.82) is 5.26 Å². The molecule has 1 aromatic heterocycles. The van der Waals surface area contributed by atoms with Crippen molar-refractivity contribution in [2.45, 2.75) is 0 Å². The minimum Gasteiger partial charge on any atom is -0.434 e. The van der Waals surface area contributed by atoms with Crippen molar-refractivity contribution in [2.24, 2.45) is 5.16 Å². The van der Waals surface area contributed by atoms with E-state index in [-0.39, 0.29) is 22.9 Å². The van der Waals surface area contributed by atoms with Crippen LogP contribution in [0.3, 0.4) is 0 Å².